The first-order valence-electron chi connectivity index (χ1n) is 6.80. The van der Waals surface area contributed by atoms with Crippen LogP contribution in [0.25, 0.3) is 11.0 Å². The molecule has 3 rings (SSSR count). The minimum Gasteiger partial charge on any atom is -0.461 e. The van der Waals surface area contributed by atoms with Crippen molar-refractivity contribution in [3.8, 4) is 0 Å². The highest BCUT2D eigenvalue weighted by Crippen LogP contribution is 2.20. The van der Waals surface area contributed by atoms with Crippen LogP contribution in [0, 0.1) is 0 Å². The van der Waals surface area contributed by atoms with Crippen molar-refractivity contribution in [3.63, 3.8) is 0 Å². The molecular formula is C15H17N3OS. The third-order valence-corrected chi connectivity index (χ3v) is 4.15. The Morgan fingerprint density at radius 2 is 2.00 bits per heavy atom. The molecule has 2 aromatic rings. The highest BCUT2D eigenvalue weighted by atomic mass is 32.2. The van der Waals surface area contributed by atoms with Crippen LogP contribution in [-0.4, -0.2) is 16.6 Å². The summed E-state index contributed by atoms with van der Waals surface area (Å²) in [4.78, 5) is 0. The van der Waals surface area contributed by atoms with Crippen molar-refractivity contribution in [2.45, 2.75) is 25.7 Å². The number of para-hydroxylation sites is 1. The van der Waals surface area contributed by atoms with E-state index in [9.17, 15) is 0 Å². The normalized spacial score (nSPS) is 15.2. The van der Waals surface area contributed by atoms with Gasteiger partial charge >= 0.3 is 0 Å². The van der Waals surface area contributed by atoms with E-state index in [4.69, 9.17) is 10.2 Å². The van der Waals surface area contributed by atoms with E-state index in [-0.39, 0.29) is 0 Å². The zero-order valence-electron chi connectivity index (χ0n) is 11.2. The minimum atomic E-state index is 0.566. The predicted molar refractivity (Wildman–Crippen MR) is 85.3 cm³/mol. The van der Waals surface area contributed by atoms with Crippen LogP contribution >= 0.6 is 11.8 Å². The molecule has 4 nitrogen and oxygen atoms in total. The fourth-order valence-corrected chi connectivity index (χ4v) is 2.86. The van der Waals surface area contributed by atoms with Crippen LogP contribution in [0.3, 0.4) is 0 Å². The van der Waals surface area contributed by atoms with E-state index in [2.05, 4.69) is 22.3 Å². The highest BCUT2D eigenvalue weighted by Gasteiger charge is 2.08. The average molecular weight is 287 g/mol. The van der Waals surface area contributed by atoms with Crippen molar-refractivity contribution in [2.75, 3.05) is 5.75 Å². The molecule has 0 aliphatic carbocycles. The van der Waals surface area contributed by atoms with E-state index >= 15 is 0 Å². The smallest absolute Gasteiger partial charge is 0.180 e. The molecule has 2 heterocycles. The maximum absolute atomic E-state index is 5.80. The first-order valence-corrected chi connectivity index (χ1v) is 7.79. The lowest BCUT2D eigenvalue weighted by Gasteiger charge is -2.08. The molecule has 1 aliphatic heterocycles. The average Bonchev–Trinajstić information content (AvgIpc) is 2.88. The van der Waals surface area contributed by atoms with Crippen molar-refractivity contribution in [2.24, 2.45) is 15.9 Å². The number of nitrogens with two attached hydrogens (primary N) is 1. The molecule has 1 aromatic carbocycles. The molecule has 0 saturated heterocycles. The van der Waals surface area contributed by atoms with Crippen LogP contribution in [0.1, 0.15) is 25.0 Å². The van der Waals surface area contributed by atoms with Gasteiger partial charge in [0.15, 0.2) is 5.17 Å². The molecule has 0 bridgehead atoms. The summed E-state index contributed by atoms with van der Waals surface area (Å²) in [6, 6.07) is 10.3. The van der Waals surface area contributed by atoms with Gasteiger partial charge in [-0.2, -0.15) is 5.10 Å². The molecule has 0 radical (unpaired) electrons. The Morgan fingerprint density at radius 1 is 1.15 bits per heavy atom. The Morgan fingerprint density at radius 3 is 2.80 bits per heavy atom. The Bertz CT molecular complexity index is 627. The quantitative estimate of drug-likeness (QED) is 0.855. The molecule has 1 aliphatic rings. The van der Waals surface area contributed by atoms with Gasteiger partial charge in [-0.25, -0.2) is 0 Å². The second kappa shape index (κ2) is 6.13. The van der Waals surface area contributed by atoms with Crippen LogP contribution in [0.5, 0.6) is 0 Å². The number of fused-ring (bicyclic) bond motifs is 1. The third-order valence-electron chi connectivity index (χ3n) is 3.29. The van der Waals surface area contributed by atoms with Crippen LogP contribution in [0.15, 0.2) is 45.0 Å². The molecule has 0 unspecified atom stereocenters. The largest absolute Gasteiger partial charge is 0.461 e. The van der Waals surface area contributed by atoms with E-state index in [1.807, 2.05) is 18.2 Å². The molecule has 104 valence electrons. The summed E-state index contributed by atoms with van der Waals surface area (Å²) >= 11 is 1.56. The fraction of sp³-hybridized carbons (Fsp3) is 0.333. The summed E-state index contributed by atoms with van der Waals surface area (Å²) in [5, 5.41) is 9.78. The number of hydrogen-bond acceptors (Lipinski definition) is 5. The predicted octanol–water partition coefficient (Wildman–Crippen LogP) is 3.56. The Labute approximate surface area is 122 Å². The van der Waals surface area contributed by atoms with Crippen LogP contribution in [0.2, 0.25) is 0 Å². The summed E-state index contributed by atoms with van der Waals surface area (Å²) < 4.78 is 5.80. The van der Waals surface area contributed by atoms with Crippen LogP contribution in [0.4, 0.5) is 0 Å². The number of amidine groups is 1. The minimum absolute atomic E-state index is 0.566. The van der Waals surface area contributed by atoms with E-state index in [0.717, 1.165) is 48.5 Å². The lowest BCUT2D eigenvalue weighted by atomic mass is 10.1. The highest BCUT2D eigenvalue weighted by molar-refractivity contribution is 8.14. The lowest BCUT2D eigenvalue weighted by molar-refractivity contribution is 0.534. The number of aryl methyl sites for hydroxylation is 1. The number of hydrogen-bond donors (Lipinski definition) is 1. The first kappa shape index (κ1) is 13.2. The van der Waals surface area contributed by atoms with Gasteiger partial charge in [0, 0.05) is 17.6 Å². The molecule has 0 atom stereocenters. The molecule has 2 N–H and O–H groups in total. The summed E-state index contributed by atoms with van der Waals surface area (Å²) in [7, 11) is 0. The van der Waals surface area contributed by atoms with E-state index < -0.39 is 0 Å². The SMILES string of the molecule is NC1=NN=C(CCCCc2cc3ccccc3o2)CS1. The second-order valence-electron chi connectivity index (χ2n) is 4.85. The Hall–Kier alpha value is -1.75. The monoisotopic (exact) mass is 287 g/mol. The fourth-order valence-electron chi connectivity index (χ4n) is 2.25. The molecule has 1 aromatic heterocycles. The zero-order valence-corrected chi connectivity index (χ0v) is 12.0. The maximum Gasteiger partial charge on any atom is 0.180 e. The van der Waals surface area contributed by atoms with E-state index in [1.54, 1.807) is 11.8 Å². The van der Waals surface area contributed by atoms with Crippen molar-refractivity contribution < 1.29 is 4.42 Å². The number of furan rings is 1. The van der Waals surface area contributed by atoms with Gasteiger partial charge in [-0.3, -0.25) is 0 Å². The Balaban J connectivity index is 1.48. The molecule has 0 fully saturated rings. The standard InChI is InChI=1S/C15H17N3OS/c16-15-18-17-12(10-20-15)6-2-3-7-13-9-11-5-1-4-8-14(11)19-13/h1,4-5,8-9H,2-3,6-7,10H2,(H2,16,18). The van der Waals surface area contributed by atoms with Gasteiger partial charge in [0.25, 0.3) is 0 Å². The molecular weight excluding hydrogens is 270 g/mol. The van der Waals surface area contributed by atoms with Gasteiger partial charge < -0.3 is 10.2 Å². The number of rotatable bonds is 5. The van der Waals surface area contributed by atoms with Gasteiger partial charge in [-0.05, 0) is 31.4 Å². The van der Waals surface area contributed by atoms with Crippen molar-refractivity contribution in [1.82, 2.24) is 0 Å². The molecule has 0 amide bonds. The molecule has 20 heavy (non-hydrogen) atoms. The summed E-state index contributed by atoms with van der Waals surface area (Å²) in [6.07, 6.45) is 4.17. The second-order valence-corrected chi connectivity index (χ2v) is 5.85. The maximum atomic E-state index is 5.80. The summed E-state index contributed by atoms with van der Waals surface area (Å²) in [6.45, 7) is 0. The van der Waals surface area contributed by atoms with Crippen molar-refractivity contribution in [3.05, 3.63) is 36.1 Å². The van der Waals surface area contributed by atoms with Gasteiger partial charge in [0.1, 0.15) is 11.3 Å². The summed E-state index contributed by atoms with van der Waals surface area (Å²) in [5.41, 5.74) is 7.66. The topological polar surface area (TPSA) is 63.9 Å². The number of benzene rings is 1. The van der Waals surface area contributed by atoms with Gasteiger partial charge in [0.2, 0.25) is 0 Å². The van der Waals surface area contributed by atoms with Crippen molar-refractivity contribution in [1.29, 1.82) is 0 Å². The van der Waals surface area contributed by atoms with E-state index in [0.29, 0.717) is 5.17 Å². The number of thioether (sulfide) groups is 1. The van der Waals surface area contributed by atoms with Crippen LogP contribution < -0.4 is 5.73 Å². The Kier molecular flexibility index (Phi) is 4.06. The number of unbranched alkanes of at least 4 members (excludes halogenated alkanes) is 1. The zero-order chi connectivity index (χ0) is 13.8. The first-order chi connectivity index (χ1) is 9.81. The summed E-state index contributed by atoms with van der Waals surface area (Å²) in [5.74, 6) is 1.94. The van der Waals surface area contributed by atoms with Gasteiger partial charge in [-0.1, -0.05) is 30.0 Å². The van der Waals surface area contributed by atoms with E-state index in [1.165, 1.54) is 5.39 Å². The van der Waals surface area contributed by atoms with Gasteiger partial charge in [0.05, 0.1) is 5.71 Å². The van der Waals surface area contributed by atoms with Gasteiger partial charge in [-0.15, -0.1) is 5.10 Å². The van der Waals surface area contributed by atoms with Crippen LogP contribution in [-0.2, 0) is 6.42 Å². The lowest BCUT2D eigenvalue weighted by Crippen LogP contribution is -2.15. The molecule has 0 spiro atoms. The molecule has 5 heteroatoms. The molecule has 0 saturated carbocycles. The van der Waals surface area contributed by atoms with Crippen molar-refractivity contribution >= 4 is 33.6 Å². The third kappa shape index (κ3) is 3.22. The number of nitrogens with zero attached hydrogens (tertiary/aromatic N) is 2.